The number of rotatable bonds is 0. The first-order valence-electron chi connectivity index (χ1n) is 51.8. The molecule has 3 aliphatic heterocycles. The number of hydrogen-bond acceptors (Lipinski definition) is 0. The SMILES string of the molecule is CC.CC.CC.CC.CC.CC.CC.CC.CC.CC.CC.CC.CC.CC.CC.c1ccc2c(c1)Cc1c-2ccc2c1Cc1ccc3c(c1-2)c1cccc2c1n3-c1ccccc1C2.c1ccc2c(c1)Cc1cc3c(cc1-2)Cc1ccc2c(c1-3)c1cccc3c1n2-c1ccccc1C3.c1ccc2c(c1)Cc1ccc3c(c1-2)Cc1ccc2c(c1-3)c1cccc3c1n2-c1ccccc1C3. The van der Waals surface area contributed by atoms with E-state index in [-0.39, 0.29) is 0 Å². The van der Waals surface area contributed by atoms with Crippen LogP contribution in [0.25, 0.3) is 149 Å². The van der Waals surface area contributed by atoms with Crippen LogP contribution in [0.3, 0.4) is 0 Å². The molecular weight excluding hydrogens is 1590 g/mol. The normalized spacial score (nSPS) is 11.6. The summed E-state index contributed by atoms with van der Waals surface area (Å²) in [6, 6.07) is 103. The van der Waals surface area contributed by atoms with Crippen LogP contribution in [0, 0.1) is 0 Å². The maximum absolute atomic E-state index is 2.53. The van der Waals surface area contributed by atoms with Gasteiger partial charge in [-0.15, -0.1) is 0 Å². The molecule has 6 heterocycles. The predicted octanol–water partition coefficient (Wildman–Crippen LogP) is 38.9. The molecule has 0 radical (unpaired) electrons. The third kappa shape index (κ3) is 17.3. The van der Waals surface area contributed by atoms with Crippen molar-refractivity contribution in [3.8, 4) is 83.8 Å². The average molecular weight is 1750 g/mol. The molecule has 0 N–H and O–H groups in total. The second-order valence-corrected chi connectivity index (χ2v) is 30.3. The maximum atomic E-state index is 2.53. The van der Waals surface area contributed by atoms with Gasteiger partial charge in [-0.05, 0) is 254 Å². The Hall–Kier alpha value is -12.3. The zero-order valence-electron chi connectivity index (χ0n) is 86.2. The van der Waals surface area contributed by atoms with Crippen molar-refractivity contribution in [3.63, 3.8) is 0 Å². The van der Waals surface area contributed by atoms with Gasteiger partial charge >= 0.3 is 0 Å². The zero-order chi connectivity index (χ0) is 95.9. The number of fused-ring (bicyclic) bond motifs is 38. The first-order chi connectivity index (χ1) is 65.6. The van der Waals surface area contributed by atoms with E-state index >= 15 is 0 Å². The summed E-state index contributed by atoms with van der Waals surface area (Å²) in [7, 11) is 0. The van der Waals surface area contributed by atoms with Crippen molar-refractivity contribution >= 4 is 65.4 Å². The van der Waals surface area contributed by atoms with Gasteiger partial charge in [0.25, 0.3) is 0 Å². The van der Waals surface area contributed by atoms with Crippen molar-refractivity contribution in [2.24, 2.45) is 0 Å². The number of hydrogen-bond donors (Lipinski definition) is 0. The minimum atomic E-state index is 1.01. The Morgan fingerprint density at radius 3 is 0.826 bits per heavy atom. The second kappa shape index (κ2) is 47.7. The molecule has 0 amide bonds. The zero-order valence-corrected chi connectivity index (χ0v) is 86.2. The van der Waals surface area contributed by atoms with Gasteiger partial charge in [-0.25, -0.2) is 0 Å². The monoisotopic (exact) mass is 1740 g/mol. The minimum Gasteiger partial charge on any atom is -0.309 e. The van der Waals surface area contributed by atoms with Crippen molar-refractivity contribution in [2.75, 3.05) is 0 Å². The fourth-order valence-electron chi connectivity index (χ4n) is 21.2. The van der Waals surface area contributed by atoms with E-state index in [0.29, 0.717) is 0 Å². The van der Waals surface area contributed by atoms with Crippen LogP contribution in [0.2, 0.25) is 0 Å². The van der Waals surface area contributed by atoms with Gasteiger partial charge in [0.05, 0.1) is 33.1 Å². The Morgan fingerprint density at radius 1 is 0.152 bits per heavy atom. The number of aromatic nitrogens is 3. The standard InChI is InChI=1S/3C33H21N.15C2H6/c1-3-9-23-19(6-1)17-27-24(23)13-14-25-28(27)18-21-12-15-30-32(31(21)25)26-10-5-8-22-16-20-7-2-4-11-29(20)34(30)33(22)26;1-3-9-24-19(6-1)16-21-12-14-25-27(30(21)24)18-22-13-15-29-32(31(22)25)26-10-5-8-23-17-20-7-2-4-11-28(20)34(29)33(23)26;1-3-9-25-19(6-1)14-23-18-28-24(17-27(23)25)16-21-12-13-30-32(31(21)28)26-10-5-8-22-15-20-7-2-4-11-29(20)34(30)33(22)26;15*1-2/h2*1-15H,16-18H2;1-13,17-18H,14-16H2;15*1-2H3. The van der Waals surface area contributed by atoms with Crippen LogP contribution in [0.4, 0.5) is 0 Å². The van der Waals surface area contributed by atoms with Gasteiger partial charge in [0, 0.05) is 68.6 Å². The molecule has 0 bridgehead atoms. The molecule has 6 aliphatic carbocycles. The molecule has 27 rings (SSSR count). The molecule has 18 aromatic rings. The molecule has 0 unspecified atom stereocenters. The molecule has 15 aromatic carbocycles. The number of benzene rings is 15. The van der Waals surface area contributed by atoms with E-state index in [9.17, 15) is 0 Å². The number of nitrogens with zero attached hydrogens (tertiary/aromatic N) is 3. The lowest BCUT2D eigenvalue weighted by atomic mass is 9.94. The Bertz CT molecular complexity index is 6820. The van der Waals surface area contributed by atoms with Gasteiger partial charge in [0.15, 0.2) is 0 Å². The van der Waals surface area contributed by atoms with Gasteiger partial charge in [0.2, 0.25) is 0 Å². The molecule has 3 heteroatoms. The molecule has 684 valence electrons. The maximum Gasteiger partial charge on any atom is 0.0576 e. The summed E-state index contributed by atoms with van der Waals surface area (Å²) in [6.45, 7) is 60.0. The summed E-state index contributed by atoms with van der Waals surface area (Å²) in [5.74, 6) is 0. The highest BCUT2D eigenvalue weighted by molar-refractivity contribution is 6.22. The predicted molar refractivity (Wildman–Crippen MR) is 590 cm³/mol. The Labute approximate surface area is 796 Å². The van der Waals surface area contributed by atoms with Gasteiger partial charge in [-0.1, -0.05) is 432 Å². The van der Waals surface area contributed by atoms with Crippen molar-refractivity contribution < 1.29 is 0 Å². The van der Waals surface area contributed by atoms with Crippen molar-refractivity contribution in [1.82, 2.24) is 13.7 Å². The van der Waals surface area contributed by atoms with Gasteiger partial charge in [-0.2, -0.15) is 0 Å². The summed E-state index contributed by atoms with van der Waals surface area (Å²) < 4.78 is 7.58. The van der Waals surface area contributed by atoms with Crippen molar-refractivity contribution in [1.29, 1.82) is 0 Å². The smallest absolute Gasteiger partial charge is 0.0576 e. The molecule has 9 aliphatic rings. The molecule has 0 saturated carbocycles. The van der Waals surface area contributed by atoms with Crippen LogP contribution >= 0.6 is 0 Å². The largest absolute Gasteiger partial charge is 0.309 e. The second-order valence-electron chi connectivity index (χ2n) is 30.3. The third-order valence-corrected chi connectivity index (χ3v) is 25.3. The summed E-state index contributed by atoms with van der Waals surface area (Å²) in [5.41, 5.74) is 56.0. The molecule has 0 saturated heterocycles. The molecule has 132 heavy (non-hydrogen) atoms. The average Bonchev–Trinajstić information content (AvgIpc) is 1.57. The van der Waals surface area contributed by atoms with Crippen LogP contribution in [0.5, 0.6) is 0 Å². The first-order valence-corrected chi connectivity index (χ1v) is 51.8. The van der Waals surface area contributed by atoms with E-state index in [1.165, 1.54) is 238 Å². The highest BCUT2D eigenvalue weighted by Gasteiger charge is 2.36. The quantitative estimate of drug-likeness (QED) is 0.144. The summed E-state index contributed by atoms with van der Waals surface area (Å²) in [5, 5.41) is 8.48. The van der Waals surface area contributed by atoms with Crippen LogP contribution < -0.4 is 0 Å². The van der Waals surface area contributed by atoms with E-state index in [4.69, 9.17) is 0 Å². The summed E-state index contributed by atoms with van der Waals surface area (Å²) in [4.78, 5) is 0. The minimum absolute atomic E-state index is 1.01. The first kappa shape index (κ1) is 102. The Morgan fingerprint density at radius 2 is 0.402 bits per heavy atom. The van der Waals surface area contributed by atoms with Gasteiger partial charge in [-0.3, -0.25) is 0 Å². The van der Waals surface area contributed by atoms with Crippen LogP contribution in [-0.4, -0.2) is 13.7 Å². The summed E-state index contributed by atoms with van der Waals surface area (Å²) >= 11 is 0. The molecule has 0 fully saturated rings. The van der Waals surface area contributed by atoms with E-state index in [0.717, 1.165) is 57.8 Å². The highest BCUT2D eigenvalue weighted by atomic mass is 15.0. The molecule has 3 nitrogen and oxygen atoms in total. The Kier molecular flexibility index (Phi) is 36.8. The van der Waals surface area contributed by atoms with Gasteiger partial charge < -0.3 is 13.7 Å². The topological polar surface area (TPSA) is 14.8 Å². The van der Waals surface area contributed by atoms with E-state index < -0.39 is 0 Å². The molecule has 0 atom stereocenters. The highest BCUT2D eigenvalue weighted by Crippen LogP contribution is 2.56. The lowest BCUT2D eigenvalue weighted by Gasteiger charge is -2.20. The van der Waals surface area contributed by atoms with Crippen LogP contribution in [-0.2, 0) is 57.8 Å². The van der Waals surface area contributed by atoms with Crippen LogP contribution in [0.1, 0.15) is 308 Å². The fraction of sp³-hybridized carbons (Fsp3) is 0.302. The molecule has 0 spiro atoms. The Balaban J connectivity index is 0.000000180. The third-order valence-electron chi connectivity index (χ3n) is 25.3. The molecule has 3 aromatic heterocycles. The van der Waals surface area contributed by atoms with Gasteiger partial charge in [0.1, 0.15) is 0 Å². The number of para-hydroxylation sites is 6. The van der Waals surface area contributed by atoms with Crippen LogP contribution in [0.15, 0.2) is 273 Å². The fourth-order valence-corrected chi connectivity index (χ4v) is 21.2. The lowest BCUT2D eigenvalue weighted by molar-refractivity contribution is 1.04. The molecular formula is C129H153N3. The summed E-state index contributed by atoms with van der Waals surface area (Å²) in [6.07, 6.45) is 9.29. The van der Waals surface area contributed by atoms with E-state index in [1.54, 1.807) is 11.1 Å². The van der Waals surface area contributed by atoms with E-state index in [2.05, 4.69) is 287 Å². The van der Waals surface area contributed by atoms with Crippen molar-refractivity contribution in [2.45, 2.75) is 265 Å². The van der Waals surface area contributed by atoms with E-state index in [1.807, 2.05) is 208 Å². The van der Waals surface area contributed by atoms with Crippen molar-refractivity contribution in [3.05, 3.63) is 373 Å². The lowest BCUT2D eigenvalue weighted by Crippen LogP contribution is -2.07.